The highest BCUT2D eigenvalue weighted by molar-refractivity contribution is 9.10. The van der Waals surface area contributed by atoms with Crippen LogP contribution in [-0.4, -0.2) is 43.1 Å². The summed E-state index contributed by atoms with van der Waals surface area (Å²) in [7, 11) is 0. The molecule has 0 aliphatic carbocycles. The Bertz CT molecular complexity index is 528. The van der Waals surface area contributed by atoms with Gasteiger partial charge in [-0.15, -0.1) is 0 Å². The fourth-order valence-corrected chi connectivity index (χ4v) is 3.49. The van der Waals surface area contributed by atoms with Crippen LogP contribution < -0.4 is 10.1 Å². The minimum atomic E-state index is -0.459. The maximum atomic E-state index is 12.6. The molecule has 1 aliphatic heterocycles. The van der Waals surface area contributed by atoms with E-state index in [1.165, 1.54) is 0 Å². The molecule has 4 nitrogen and oxygen atoms in total. The van der Waals surface area contributed by atoms with E-state index in [9.17, 15) is 4.79 Å². The first kappa shape index (κ1) is 18.3. The Morgan fingerprint density at radius 1 is 1.43 bits per heavy atom. The van der Waals surface area contributed by atoms with E-state index in [4.69, 9.17) is 4.74 Å². The average molecular weight is 383 g/mol. The number of benzene rings is 1. The molecule has 23 heavy (non-hydrogen) atoms. The second-order valence-corrected chi connectivity index (χ2v) is 7.12. The lowest BCUT2D eigenvalue weighted by Crippen LogP contribution is -2.45. The number of amides is 1. The summed E-state index contributed by atoms with van der Waals surface area (Å²) in [5, 5.41) is 3.39. The SMILES string of the molecule is CCNCC1CCN(C(=O)C(C)Oc2ccc(C)cc2Br)CC1. The summed E-state index contributed by atoms with van der Waals surface area (Å²) in [6, 6.07) is 5.90. The van der Waals surface area contributed by atoms with Crippen LogP contribution in [-0.2, 0) is 4.79 Å². The van der Waals surface area contributed by atoms with E-state index in [1.807, 2.05) is 36.9 Å². The number of hydrogen-bond acceptors (Lipinski definition) is 3. The Morgan fingerprint density at radius 3 is 2.74 bits per heavy atom. The number of ether oxygens (including phenoxy) is 1. The van der Waals surface area contributed by atoms with Crippen molar-refractivity contribution >= 4 is 21.8 Å². The zero-order valence-electron chi connectivity index (χ0n) is 14.3. The molecule has 1 amide bonds. The maximum absolute atomic E-state index is 12.6. The number of carbonyl (C=O) groups is 1. The van der Waals surface area contributed by atoms with Gasteiger partial charge < -0.3 is 15.0 Å². The third kappa shape index (κ3) is 5.21. The topological polar surface area (TPSA) is 41.6 Å². The van der Waals surface area contributed by atoms with Crippen molar-refractivity contribution in [3.63, 3.8) is 0 Å². The molecule has 0 aromatic heterocycles. The van der Waals surface area contributed by atoms with Gasteiger partial charge in [-0.05, 0) is 79.3 Å². The van der Waals surface area contributed by atoms with Crippen molar-refractivity contribution in [2.75, 3.05) is 26.2 Å². The summed E-state index contributed by atoms with van der Waals surface area (Å²) in [5.41, 5.74) is 1.16. The van der Waals surface area contributed by atoms with E-state index in [0.29, 0.717) is 5.92 Å². The van der Waals surface area contributed by atoms with E-state index in [0.717, 1.165) is 54.8 Å². The number of nitrogens with zero attached hydrogens (tertiary/aromatic N) is 1. The number of nitrogens with one attached hydrogen (secondary N) is 1. The molecule has 1 heterocycles. The van der Waals surface area contributed by atoms with Crippen LogP contribution in [0.25, 0.3) is 0 Å². The Morgan fingerprint density at radius 2 is 2.13 bits per heavy atom. The smallest absolute Gasteiger partial charge is 0.263 e. The first-order chi connectivity index (χ1) is 11.0. The monoisotopic (exact) mass is 382 g/mol. The number of halogens is 1. The molecule has 0 spiro atoms. The summed E-state index contributed by atoms with van der Waals surface area (Å²) in [4.78, 5) is 14.5. The summed E-state index contributed by atoms with van der Waals surface area (Å²) < 4.78 is 6.75. The lowest BCUT2D eigenvalue weighted by Gasteiger charge is -2.33. The molecule has 2 rings (SSSR count). The fourth-order valence-electron chi connectivity index (χ4n) is 2.91. The quantitative estimate of drug-likeness (QED) is 0.819. The minimum Gasteiger partial charge on any atom is -0.480 e. The average Bonchev–Trinajstić information content (AvgIpc) is 2.55. The van der Waals surface area contributed by atoms with Crippen LogP contribution in [0, 0.1) is 12.8 Å². The zero-order chi connectivity index (χ0) is 16.8. The molecule has 5 heteroatoms. The second kappa shape index (κ2) is 8.69. The van der Waals surface area contributed by atoms with Gasteiger partial charge in [0.05, 0.1) is 4.47 Å². The molecule has 1 unspecified atom stereocenters. The number of carbonyl (C=O) groups excluding carboxylic acids is 1. The molecule has 0 radical (unpaired) electrons. The number of piperidine rings is 1. The summed E-state index contributed by atoms with van der Waals surface area (Å²) in [5.74, 6) is 1.49. The van der Waals surface area contributed by atoms with E-state index in [-0.39, 0.29) is 5.91 Å². The molecule has 0 saturated carbocycles. The molecule has 1 fully saturated rings. The zero-order valence-corrected chi connectivity index (χ0v) is 15.9. The third-order valence-electron chi connectivity index (χ3n) is 4.35. The molecule has 128 valence electrons. The molecule has 1 aliphatic rings. The second-order valence-electron chi connectivity index (χ2n) is 6.27. The summed E-state index contributed by atoms with van der Waals surface area (Å²) >= 11 is 3.50. The van der Waals surface area contributed by atoms with Gasteiger partial charge in [0.2, 0.25) is 0 Å². The first-order valence-electron chi connectivity index (χ1n) is 8.43. The minimum absolute atomic E-state index is 0.0828. The van der Waals surface area contributed by atoms with Gasteiger partial charge in [0.1, 0.15) is 5.75 Å². The van der Waals surface area contributed by atoms with Gasteiger partial charge >= 0.3 is 0 Å². The maximum Gasteiger partial charge on any atom is 0.263 e. The van der Waals surface area contributed by atoms with Gasteiger partial charge in [0.25, 0.3) is 5.91 Å². The third-order valence-corrected chi connectivity index (χ3v) is 4.97. The van der Waals surface area contributed by atoms with E-state index in [2.05, 4.69) is 28.2 Å². The van der Waals surface area contributed by atoms with Crippen LogP contribution in [0.3, 0.4) is 0 Å². The van der Waals surface area contributed by atoms with Gasteiger partial charge in [-0.25, -0.2) is 0 Å². The van der Waals surface area contributed by atoms with E-state index >= 15 is 0 Å². The lowest BCUT2D eigenvalue weighted by atomic mass is 9.96. The van der Waals surface area contributed by atoms with Gasteiger partial charge in [-0.1, -0.05) is 13.0 Å². The van der Waals surface area contributed by atoms with Crippen molar-refractivity contribution in [2.45, 2.75) is 39.7 Å². The van der Waals surface area contributed by atoms with Gasteiger partial charge in [0, 0.05) is 13.1 Å². The first-order valence-corrected chi connectivity index (χ1v) is 9.23. The molecule has 1 N–H and O–H groups in total. The molecular formula is C18H27BrN2O2. The van der Waals surface area contributed by atoms with Gasteiger partial charge in [0.15, 0.2) is 6.10 Å². The number of hydrogen-bond donors (Lipinski definition) is 1. The Labute approximate surface area is 147 Å². The van der Waals surface area contributed by atoms with Gasteiger partial charge in [-0.2, -0.15) is 0 Å². The fraction of sp³-hybridized carbons (Fsp3) is 0.611. The molecular weight excluding hydrogens is 356 g/mol. The predicted octanol–water partition coefficient (Wildman–Crippen LogP) is 3.37. The highest BCUT2D eigenvalue weighted by Crippen LogP contribution is 2.27. The van der Waals surface area contributed by atoms with Crippen LogP contribution in [0.4, 0.5) is 0 Å². The summed E-state index contributed by atoms with van der Waals surface area (Å²) in [6.07, 6.45) is 1.68. The van der Waals surface area contributed by atoms with Crippen molar-refractivity contribution in [2.24, 2.45) is 5.92 Å². The normalized spacial score (nSPS) is 17.1. The lowest BCUT2D eigenvalue weighted by molar-refractivity contribution is -0.139. The van der Waals surface area contributed by atoms with Crippen molar-refractivity contribution in [3.8, 4) is 5.75 Å². The van der Waals surface area contributed by atoms with Crippen molar-refractivity contribution in [1.82, 2.24) is 10.2 Å². The standard InChI is InChI=1S/C18H27BrN2O2/c1-4-20-12-15-7-9-21(10-8-15)18(22)14(3)23-17-6-5-13(2)11-16(17)19/h5-6,11,14-15,20H,4,7-10,12H2,1-3H3. The molecule has 1 aromatic carbocycles. The number of likely N-dealkylation sites (tertiary alicyclic amines) is 1. The Hall–Kier alpha value is -1.07. The largest absolute Gasteiger partial charge is 0.480 e. The molecule has 1 saturated heterocycles. The number of aryl methyl sites for hydroxylation is 1. The summed E-state index contributed by atoms with van der Waals surface area (Å²) in [6.45, 7) is 9.71. The van der Waals surface area contributed by atoms with Crippen molar-refractivity contribution < 1.29 is 9.53 Å². The van der Waals surface area contributed by atoms with E-state index < -0.39 is 6.10 Å². The number of rotatable bonds is 6. The van der Waals surface area contributed by atoms with Gasteiger partial charge in [-0.3, -0.25) is 4.79 Å². The molecule has 0 bridgehead atoms. The molecule has 1 atom stereocenters. The van der Waals surface area contributed by atoms with Crippen LogP contribution >= 0.6 is 15.9 Å². The van der Waals surface area contributed by atoms with Crippen LogP contribution in [0.2, 0.25) is 0 Å². The molecule has 1 aromatic rings. The van der Waals surface area contributed by atoms with E-state index in [1.54, 1.807) is 0 Å². The Kier molecular flexibility index (Phi) is 6.90. The highest BCUT2D eigenvalue weighted by Gasteiger charge is 2.27. The van der Waals surface area contributed by atoms with Crippen molar-refractivity contribution in [1.29, 1.82) is 0 Å². The van der Waals surface area contributed by atoms with Crippen LogP contribution in [0.5, 0.6) is 5.75 Å². The predicted molar refractivity (Wildman–Crippen MR) is 96.8 cm³/mol. The van der Waals surface area contributed by atoms with Crippen LogP contribution in [0.1, 0.15) is 32.3 Å². The Balaban J connectivity index is 1.85. The van der Waals surface area contributed by atoms with Crippen LogP contribution in [0.15, 0.2) is 22.7 Å². The van der Waals surface area contributed by atoms with Crippen molar-refractivity contribution in [3.05, 3.63) is 28.2 Å². The highest BCUT2D eigenvalue weighted by atomic mass is 79.9.